The Morgan fingerprint density at radius 2 is 2.03 bits per heavy atom. The summed E-state index contributed by atoms with van der Waals surface area (Å²) in [6.45, 7) is 4.87. The molecule has 0 radical (unpaired) electrons. The molecule has 1 aliphatic heterocycles. The molecule has 4 heterocycles. The first-order valence-corrected chi connectivity index (χ1v) is 14.2. The van der Waals surface area contributed by atoms with Crippen molar-refractivity contribution in [3.63, 3.8) is 0 Å². The summed E-state index contributed by atoms with van der Waals surface area (Å²) < 4.78 is 20.9. The molecule has 0 bridgehead atoms. The minimum absolute atomic E-state index is 0.207. The third-order valence-electron chi connectivity index (χ3n) is 7.55. The molecule has 9 nitrogen and oxygen atoms in total. The van der Waals surface area contributed by atoms with E-state index in [1.165, 1.54) is 34.8 Å². The van der Waals surface area contributed by atoms with Gasteiger partial charge in [-0.3, -0.25) is 9.20 Å². The Hall–Kier alpha value is -3.51. The molecular formula is C26H27FN6O3S2. The highest BCUT2D eigenvalue weighted by molar-refractivity contribution is 7.19. The Bertz CT molecular complexity index is 1510. The number of thiazole rings is 2. The van der Waals surface area contributed by atoms with E-state index < -0.39 is 6.09 Å². The van der Waals surface area contributed by atoms with Crippen molar-refractivity contribution in [1.29, 1.82) is 0 Å². The molecule has 2 fully saturated rings. The van der Waals surface area contributed by atoms with Crippen LogP contribution in [0.5, 0.6) is 5.88 Å². The number of amides is 2. The maximum atomic E-state index is 13.9. The van der Waals surface area contributed by atoms with Crippen molar-refractivity contribution in [3.05, 3.63) is 53.0 Å². The van der Waals surface area contributed by atoms with Crippen LogP contribution in [0.15, 0.2) is 35.8 Å². The standard InChI is InChI=1S/C26H27FN6O3S2/c1-13-9-16-12-33(22(34)20-21(38-24(28)31-20)15-3-5-17(27)6-4-15)19(18(16)10-13)11-29-26(35)36-23-14(2)30-25-32(23)7-8-37-25/h3-8,13,16,18-19H,9-12H2,1-2H3,(H2,28,31)(H,29,35)/t13?,16-,18-,19+/m0/s1. The van der Waals surface area contributed by atoms with Gasteiger partial charge in [-0.1, -0.05) is 30.4 Å². The number of nitrogens with zero attached hydrogens (tertiary/aromatic N) is 4. The van der Waals surface area contributed by atoms with Gasteiger partial charge in [0.25, 0.3) is 5.91 Å². The second kappa shape index (κ2) is 9.66. The van der Waals surface area contributed by atoms with Crippen molar-refractivity contribution < 1.29 is 18.7 Å². The second-order valence-corrected chi connectivity index (χ2v) is 12.0. The molecule has 3 aromatic heterocycles. The van der Waals surface area contributed by atoms with Crippen LogP contribution in [0, 0.1) is 30.5 Å². The molecule has 2 aliphatic rings. The van der Waals surface area contributed by atoms with Crippen molar-refractivity contribution in [2.24, 2.45) is 17.8 Å². The third-order valence-corrected chi connectivity index (χ3v) is 9.24. The number of nitrogens with two attached hydrogens (primary N) is 1. The summed E-state index contributed by atoms with van der Waals surface area (Å²) in [6.07, 6.45) is 3.23. The molecule has 2 amide bonds. The van der Waals surface area contributed by atoms with Gasteiger partial charge in [0.15, 0.2) is 10.1 Å². The van der Waals surface area contributed by atoms with Crippen molar-refractivity contribution in [1.82, 2.24) is 24.6 Å². The van der Waals surface area contributed by atoms with E-state index in [4.69, 9.17) is 10.5 Å². The Morgan fingerprint density at radius 1 is 1.24 bits per heavy atom. The largest absolute Gasteiger partial charge is 0.414 e. The number of rotatable bonds is 5. The van der Waals surface area contributed by atoms with E-state index in [9.17, 15) is 14.0 Å². The lowest BCUT2D eigenvalue weighted by Crippen LogP contribution is -2.46. The molecule has 1 saturated carbocycles. The van der Waals surface area contributed by atoms with E-state index in [2.05, 4.69) is 22.2 Å². The van der Waals surface area contributed by atoms with Gasteiger partial charge >= 0.3 is 6.09 Å². The number of fused-ring (bicyclic) bond motifs is 2. The molecular weight excluding hydrogens is 527 g/mol. The number of likely N-dealkylation sites (tertiary alicyclic amines) is 1. The van der Waals surface area contributed by atoms with E-state index in [1.807, 2.05) is 16.5 Å². The lowest BCUT2D eigenvalue weighted by molar-refractivity contribution is 0.0702. The van der Waals surface area contributed by atoms with Gasteiger partial charge in [-0.2, -0.15) is 0 Å². The summed E-state index contributed by atoms with van der Waals surface area (Å²) >= 11 is 2.67. The highest BCUT2D eigenvalue weighted by Crippen LogP contribution is 2.46. The number of anilines is 1. The molecule has 198 valence electrons. The Kier molecular flexibility index (Phi) is 6.31. The Balaban J connectivity index is 1.23. The zero-order valence-electron chi connectivity index (χ0n) is 20.9. The molecule has 1 aromatic carbocycles. The average Bonchev–Trinajstić information content (AvgIpc) is 3.68. The van der Waals surface area contributed by atoms with Crippen molar-refractivity contribution in [2.45, 2.75) is 32.7 Å². The number of carbonyl (C=O) groups excluding carboxylic acids is 2. The van der Waals surface area contributed by atoms with Gasteiger partial charge in [0.1, 0.15) is 17.2 Å². The maximum Gasteiger partial charge on any atom is 0.414 e. The number of imidazole rings is 1. The van der Waals surface area contributed by atoms with Crippen molar-refractivity contribution in [2.75, 3.05) is 18.8 Å². The number of nitrogens with one attached hydrogen (secondary N) is 1. The zero-order valence-corrected chi connectivity index (χ0v) is 22.5. The monoisotopic (exact) mass is 554 g/mol. The van der Waals surface area contributed by atoms with Gasteiger partial charge in [0.2, 0.25) is 5.88 Å². The summed E-state index contributed by atoms with van der Waals surface area (Å²) in [5.41, 5.74) is 7.59. The topological polar surface area (TPSA) is 115 Å². The third kappa shape index (κ3) is 4.41. The van der Waals surface area contributed by atoms with Gasteiger partial charge < -0.3 is 20.7 Å². The minimum Gasteiger partial charge on any atom is -0.391 e. The molecule has 1 unspecified atom stereocenters. The lowest BCUT2D eigenvalue weighted by atomic mass is 9.94. The van der Waals surface area contributed by atoms with Gasteiger partial charge in [-0.15, -0.1) is 11.3 Å². The number of aryl methyl sites for hydroxylation is 1. The van der Waals surface area contributed by atoms with Crippen LogP contribution in [0.1, 0.15) is 35.9 Å². The fourth-order valence-corrected chi connectivity index (χ4v) is 7.54. The van der Waals surface area contributed by atoms with Gasteiger partial charge in [-0.25, -0.2) is 19.2 Å². The van der Waals surface area contributed by atoms with E-state index in [1.54, 1.807) is 23.5 Å². The molecule has 4 atom stereocenters. The second-order valence-electron chi connectivity index (χ2n) is 10.1. The number of hydrogen-bond donors (Lipinski definition) is 2. The fourth-order valence-electron chi connectivity index (χ4n) is 5.96. The minimum atomic E-state index is -0.590. The summed E-state index contributed by atoms with van der Waals surface area (Å²) in [5, 5.41) is 5.04. The number of benzene rings is 1. The molecule has 38 heavy (non-hydrogen) atoms. The van der Waals surface area contributed by atoms with Crippen LogP contribution in [0.3, 0.4) is 0 Å². The van der Waals surface area contributed by atoms with Crippen molar-refractivity contribution >= 4 is 44.8 Å². The summed E-state index contributed by atoms with van der Waals surface area (Å²) in [4.78, 5) is 38.7. The number of ether oxygens (including phenoxy) is 1. The van der Waals surface area contributed by atoms with Crippen LogP contribution >= 0.6 is 22.7 Å². The van der Waals surface area contributed by atoms with Crippen LogP contribution in [0.4, 0.5) is 14.3 Å². The van der Waals surface area contributed by atoms with Crippen LogP contribution < -0.4 is 15.8 Å². The molecule has 1 saturated heterocycles. The van der Waals surface area contributed by atoms with Crippen LogP contribution in [0.2, 0.25) is 0 Å². The molecule has 0 spiro atoms. The van der Waals surface area contributed by atoms with Crippen LogP contribution in [-0.2, 0) is 0 Å². The number of nitrogen functional groups attached to an aromatic ring is 1. The first-order chi connectivity index (χ1) is 18.3. The average molecular weight is 555 g/mol. The predicted octanol–water partition coefficient (Wildman–Crippen LogP) is 4.82. The van der Waals surface area contributed by atoms with Crippen molar-refractivity contribution in [3.8, 4) is 16.3 Å². The smallest absolute Gasteiger partial charge is 0.391 e. The number of aromatic nitrogens is 3. The molecule has 4 aromatic rings. The number of carbonyl (C=O) groups is 2. The molecule has 12 heteroatoms. The molecule has 3 N–H and O–H groups in total. The Labute approximate surface area is 226 Å². The lowest BCUT2D eigenvalue weighted by Gasteiger charge is -2.28. The van der Waals surface area contributed by atoms with Gasteiger partial charge in [0.05, 0.1) is 10.9 Å². The number of halogens is 1. The van der Waals surface area contributed by atoms with E-state index >= 15 is 0 Å². The fraction of sp³-hybridized carbons (Fsp3) is 0.385. The zero-order chi connectivity index (χ0) is 26.6. The van der Waals surface area contributed by atoms with Crippen LogP contribution in [0.25, 0.3) is 15.4 Å². The Morgan fingerprint density at radius 3 is 2.82 bits per heavy atom. The molecule has 1 aliphatic carbocycles. The highest BCUT2D eigenvalue weighted by atomic mass is 32.1. The summed E-state index contributed by atoms with van der Waals surface area (Å²) in [5.74, 6) is 0.968. The SMILES string of the molecule is Cc1nc2sccn2c1OC(=O)NC[C@@H]1[C@H]2CC(C)C[C@H]2CN1C(=O)c1nc(N)sc1-c1ccc(F)cc1. The first kappa shape index (κ1) is 24.8. The molecule has 6 rings (SSSR count). The van der Waals surface area contributed by atoms with E-state index in [-0.39, 0.29) is 41.1 Å². The normalized spacial score (nSPS) is 22.7. The number of hydrogen-bond acceptors (Lipinski definition) is 8. The highest BCUT2D eigenvalue weighted by Gasteiger charge is 2.48. The van der Waals surface area contributed by atoms with E-state index in [0.717, 1.165) is 17.8 Å². The summed E-state index contributed by atoms with van der Waals surface area (Å²) in [6, 6.07) is 5.74. The van der Waals surface area contributed by atoms with Gasteiger partial charge in [0, 0.05) is 24.7 Å². The van der Waals surface area contributed by atoms with Crippen LogP contribution in [-0.4, -0.2) is 50.4 Å². The first-order valence-electron chi connectivity index (χ1n) is 12.5. The predicted molar refractivity (Wildman–Crippen MR) is 144 cm³/mol. The quantitative estimate of drug-likeness (QED) is 0.365. The van der Waals surface area contributed by atoms with E-state index in [0.29, 0.717) is 40.4 Å². The summed E-state index contributed by atoms with van der Waals surface area (Å²) in [7, 11) is 0. The maximum absolute atomic E-state index is 13.9. The van der Waals surface area contributed by atoms with Gasteiger partial charge in [-0.05, 0) is 55.2 Å².